The molecule has 0 radical (unpaired) electrons. The van der Waals surface area contributed by atoms with Gasteiger partial charge < -0.3 is 14.4 Å². The topological polar surface area (TPSA) is 45.6 Å². The van der Waals surface area contributed by atoms with E-state index in [1.165, 1.54) is 11.1 Å². The average molecular weight is 351 g/mol. The molecule has 3 atom stereocenters. The van der Waals surface area contributed by atoms with Gasteiger partial charge in [-0.25, -0.2) is 0 Å². The number of nitrogens with zero attached hydrogens (tertiary/aromatic N) is 3. The van der Waals surface area contributed by atoms with E-state index in [1.807, 2.05) is 51.9 Å². The number of aromatic nitrogens is 1. The maximum Gasteiger partial charge on any atom is 0.270 e. The van der Waals surface area contributed by atoms with Crippen molar-refractivity contribution in [3.63, 3.8) is 0 Å². The Balaban J connectivity index is 1.63. The zero-order chi connectivity index (χ0) is 18.4. The molecule has 5 heteroatoms. The second kappa shape index (κ2) is 6.31. The number of hydrogen-bond donors (Lipinski definition) is 0. The summed E-state index contributed by atoms with van der Waals surface area (Å²) in [6.07, 6.45) is 1.90. The Morgan fingerprint density at radius 2 is 1.81 bits per heavy atom. The first-order chi connectivity index (χ1) is 12.5. The predicted octanol–water partition coefficient (Wildman–Crippen LogP) is 2.63. The fraction of sp³-hybridized carbons (Fsp3) is 0.429. The molecule has 1 aromatic carbocycles. The van der Waals surface area contributed by atoms with Crippen LogP contribution in [0.25, 0.3) is 0 Å². The summed E-state index contributed by atoms with van der Waals surface area (Å²) >= 11 is 0. The molecule has 0 N–H and O–H groups in total. The quantitative estimate of drug-likeness (QED) is 0.835. The van der Waals surface area contributed by atoms with Crippen molar-refractivity contribution in [2.45, 2.75) is 19.9 Å². The molecule has 2 fully saturated rings. The van der Waals surface area contributed by atoms with Gasteiger partial charge in [0.15, 0.2) is 0 Å². The third-order valence-corrected chi connectivity index (χ3v) is 6.03. The lowest BCUT2D eigenvalue weighted by molar-refractivity contribution is -0.130. The molecule has 2 aliphatic rings. The monoisotopic (exact) mass is 351 g/mol. The molecule has 0 spiro atoms. The minimum Gasteiger partial charge on any atom is -0.347 e. The van der Waals surface area contributed by atoms with Crippen molar-refractivity contribution in [3.05, 3.63) is 59.4 Å². The highest BCUT2D eigenvalue weighted by Gasteiger charge is 2.49. The van der Waals surface area contributed by atoms with Crippen LogP contribution in [0.4, 0.5) is 0 Å². The first kappa shape index (κ1) is 16.9. The van der Waals surface area contributed by atoms with E-state index in [0.29, 0.717) is 18.4 Å². The van der Waals surface area contributed by atoms with Crippen molar-refractivity contribution in [1.82, 2.24) is 14.4 Å². The minimum absolute atomic E-state index is 0.0601. The number of carbonyl (C=O) groups is 2. The van der Waals surface area contributed by atoms with Crippen molar-refractivity contribution in [1.29, 1.82) is 0 Å². The van der Waals surface area contributed by atoms with Crippen LogP contribution >= 0.6 is 0 Å². The zero-order valence-corrected chi connectivity index (χ0v) is 15.6. The minimum atomic E-state index is 0.0601. The maximum atomic E-state index is 12.9. The first-order valence-corrected chi connectivity index (χ1v) is 9.20. The third-order valence-electron chi connectivity index (χ3n) is 6.03. The molecular weight excluding hydrogens is 326 g/mol. The largest absolute Gasteiger partial charge is 0.347 e. The Bertz CT molecular complexity index is 856. The third kappa shape index (κ3) is 2.62. The molecule has 2 saturated heterocycles. The number of aryl methyl sites for hydroxylation is 2. The molecule has 0 unspecified atom stereocenters. The summed E-state index contributed by atoms with van der Waals surface area (Å²) in [5, 5.41) is 0. The molecule has 0 bridgehead atoms. The number of likely N-dealkylation sites (tertiary alicyclic amines) is 2. The summed E-state index contributed by atoms with van der Waals surface area (Å²) in [6.45, 7) is 5.91. The average Bonchev–Trinajstić information content (AvgIpc) is 3.28. The normalized spacial score (nSPS) is 24.8. The molecule has 5 nitrogen and oxygen atoms in total. The van der Waals surface area contributed by atoms with Crippen LogP contribution < -0.4 is 0 Å². The van der Waals surface area contributed by atoms with Gasteiger partial charge in [-0.2, -0.15) is 0 Å². The number of amides is 2. The van der Waals surface area contributed by atoms with Gasteiger partial charge in [-0.3, -0.25) is 9.59 Å². The van der Waals surface area contributed by atoms with Gasteiger partial charge in [0.1, 0.15) is 5.69 Å². The Morgan fingerprint density at radius 1 is 1.04 bits per heavy atom. The van der Waals surface area contributed by atoms with Gasteiger partial charge in [-0.05, 0) is 30.2 Å². The van der Waals surface area contributed by atoms with E-state index in [2.05, 4.69) is 19.1 Å². The molecule has 1 aromatic heterocycles. The van der Waals surface area contributed by atoms with E-state index in [-0.39, 0.29) is 17.9 Å². The van der Waals surface area contributed by atoms with Crippen LogP contribution in [0.1, 0.15) is 34.6 Å². The van der Waals surface area contributed by atoms with E-state index in [9.17, 15) is 9.59 Å². The van der Waals surface area contributed by atoms with Crippen molar-refractivity contribution in [2.75, 3.05) is 19.6 Å². The molecule has 0 saturated carbocycles. The Labute approximate surface area is 154 Å². The van der Waals surface area contributed by atoms with Crippen LogP contribution in [0.3, 0.4) is 0 Å². The van der Waals surface area contributed by atoms with Crippen LogP contribution in [0.5, 0.6) is 0 Å². The summed E-state index contributed by atoms with van der Waals surface area (Å²) < 4.78 is 1.87. The van der Waals surface area contributed by atoms with Crippen molar-refractivity contribution in [3.8, 4) is 0 Å². The summed E-state index contributed by atoms with van der Waals surface area (Å²) in [7, 11) is 1.90. The standard InChI is InChI=1S/C21H25N3O2/c1-14-7-4-5-8-17(14)20-18-13-23(11-16(18)12-24(20)15(2)25)21(26)19-9-6-10-22(19)3/h4-10,16,18,20H,11-13H2,1-3H3/t16-,18-,20+/m1/s1. The highest BCUT2D eigenvalue weighted by atomic mass is 16.2. The van der Waals surface area contributed by atoms with E-state index in [4.69, 9.17) is 0 Å². The van der Waals surface area contributed by atoms with Crippen LogP contribution in [-0.2, 0) is 11.8 Å². The highest BCUT2D eigenvalue weighted by Crippen LogP contribution is 2.46. The van der Waals surface area contributed by atoms with E-state index >= 15 is 0 Å². The fourth-order valence-corrected chi connectivity index (χ4v) is 4.70. The summed E-state index contributed by atoms with van der Waals surface area (Å²) in [5.41, 5.74) is 3.14. The van der Waals surface area contributed by atoms with Gasteiger partial charge in [0.2, 0.25) is 5.91 Å². The number of rotatable bonds is 2. The molecule has 2 aromatic rings. The van der Waals surface area contributed by atoms with Crippen LogP contribution in [0.15, 0.2) is 42.6 Å². The highest BCUT2D eigenvalue weighted by molar-refractivity contribution is 5.93. The number of benzene rings is 1. The van der Waals surface area contributed by atoms with Crippen LogP contribution in [0, 0.1) is 18.8 Å². The molecule has 3 heterocycles. The van der Waals surface area contributed by atoms with Crippen molar-refractivity contribution >= 4 is 11.8 Å². The lowest BCUT2D eigenvalue weighted by atomic mass is 9.87. The lowest BCUT2D eigenvalue weighted by Gasteiger charge is -2.30. The molecule has 2 aliphatic heterocycles. The number of fused-ring (bicyclic) bond motifs is 1. The molecule has 2 amide bonds. The molecule has 26 heavy (non-hydrogen) atoms. The van der Waals surface area contributed by atoms with Crippen molar-refractivity contribution in [2.24, 2.45) is 18.9 Å². The van der Waals surface area contributed by atoms with Crippen molar-refractivity contribution < 1.29 is 9.59 Å². The Morgan fingerprint density at radius 3 is 2.46 bits per heavy atom. The van der Waals surface area contributed by atoms with Gasteiger partial charge in [0, 0.05) is 51.6 Å². The van der Waals surface area contributed by atoms with E-state index in [0.717, 1.165) is 18.8 Å². The molecule has 0 aliphatic carbocycles. The van der Waals surface area contributed by atoms with Gasteiger partial charge in [0.05, 0.1) is 6.04 Å². The Hall–Kier alpha value is -2.56. The predicted molar refractivity (Wildman–Crippen MR) is 99.6 cm³/mol. The summed E-state index contributed by atoms with van der Waals surface area (Å²) in [6, 6.07) is 12.1. The van der Waals surface area contributed by atoms with Gasteiger partial charge in [0.25, 0.3) is 5.91 Å². The number of carbonyl (C=O) groups excluding carboxylic acids is 2. The first-order valence-electron chi connectivity index (χ1n) is 9.20. The van der Waals surface area contributed by atoms with E-state index < -0.39 is 0 Å². The van der Waals surface area contributed by atoms with Gasteiger partial charge >= 0.3 is 0 Å². The Kier molecular flexibility index (Phi) is 4.10. The van der Waals surface area contributed by atoms with Crippen LogP contribution in [0.2, 0.25) is 0 Å². The smallest absolute Gasteiger partial charge is 0.270 e. The van der Waals surface area contributed by atoms with Gasteiger partial charge in [-0.1, -0.05) is 24.3 Å². The van der Waals surface area contributed by atoms with Gasteiger partial charge in [-0.15, -0.1) is 0 Å². The second-order valence-electron chi connectivity index (χ2n) is 7.61. The zero-order valence-electron chi connectivity index (χ0n) is 15.6. The molecule has 4 rings (SSSR count). The summed E-state index contributed by atoms with van der Waals surface area (Å²) in [5.74, 6) is 0.842. The summed E-state index contributed by atoms with van der Waals surface area (Å²) in [4.78, 5) is 29.1. The SMILES string of the molecule is CC(=O)N1C[C@H]2CN(C(=O)c3cccn3C)C[C@H]2[C@@H]1c1ccccc1C. The molecular formula is C21H25N3O2. The lowest BCUT2D eigenvalue weighted by Crippen LogP contribution is -2.37. The van der Waals surface area contributed by atoms with E-state index in [1.54, 1.807) is 6.92 Å². The molecule has 136 valence electrons. The fourth-order valence-electron chi connectivity index (χ4n) is 4.70. The number of hydrogen-bond acceptors (Lipinski definition) is 2. The second-order valence-corrected chi connectivity index (χ2v) is 7.61. The van der Waals surface area contributed by atoms with Crippen LogP contribution in [-0.4, -0.2) is 45.8 Å². The maximum absolute atomic E-state index is 12.9.